The van der Waals surface area contributed by atoms with E-state index in [0.29, 0.717) is 25.1 Å². The molecule has 2 fully saturated rings. The van der Waals surface area contributed by atoms with Crippen LogP contribution in [0.1, 0.15) is 64.7 Å². The molecule has 0 aromatic heterocycles. The van der Waals surface area contributed by atoms with Crippen LogP contribution in [0.4, 0.5) is 0 Å². The molecule has 0 N–H and O–H groups in total. The van der Waals surface area contributed by atoms with Crippen molar-refractivity contribution in [2.75, 3.05) is 32.4 Å². The van der Waals surface area contributed by atoms with E-state index in [1.165, 1.54) is 32.4 Å². The molecule has 164 valence electrons. The number of rotatable bonds is 9. The van der Waals surface area contributed by atoms with E-state index in [1.807, 2.05) is 6.92 Å². The lowest BCUT2D eigenvalue weighted by molar-refractivity contribution is -0.133. The number of likely N-dealkylation sites (tertiary alicyclic amines) is 1. The van der Waals surface area contributed by atoms with Crippen LogP contribution < -0.4 is 0 Å². The Labute approximate surface area is 175 Å². The Morgan fingerprint density at radius 1 is 1.14 bits per heavy atom. The molecule has 29 heavy (non-hydrogen) atoms. The average Bonchev–Trinajstić information content (AvgIpc) is 3.20. The number of carbonyl (C=O) groups is 2. The lowest BCUT2D eigenvalue weighted by Gasteiger charge is -2.27. The maximum Gasteiger partial charge on any atom is 0.246 e. The molecule has 3 heterocycles. The van der Waals surface area contributed by atoms with E-state index in [4.69, 9.17) is 0 Å². The summed E-state index contributed by atoms with van der Waals surface area (Å²) in [7, 11) is -3.67. The molecule has 7 nitrogen and oxygen atoms in total. The molecule has 0 bridgehead atoms. The van der Waals surface area contributed by atoms with Crippen LogP contribution in [0.5, 0.6) is 0 Å². The quantitative estimate of drug-likeness (QED) is 0.530. The highest BCUT2D eigenvalue weighted by atomic mass is 32.2. The molecule has 0 spiro atoms. The van der Waals surface area contributed by atoms with Crippen LogP contribution in [0, 0.1) is 5.92 Å². The molecule has 3 aliphatic heterocycles. The van der Waals surface area contributed by atoms with Crippen LogP contribution in [0.15, 0.2) is 11.8 Å². The molecule has 2 saturated heterocycles. The van der Waals surface area contributed by atoms with Gasteiger partial charge in [0.2, 0.25) is 21.8 Å². The zero-order chi connectivity index (χ0) is 21.0. The Morgan fingerprint density at radius 3 is 2.52 bits per heavy atom. The predicted molar refractivity (Wildman–Crippen MR) is 112 cm³/mol. The minimum absolute atomic E-state index is 0.0310. The molecular weight excluding hydrogens is 390 g/mol. The predicted octanol–water partition coefficient (Wildman–Crippen LogP) is 2.35. The zero-order valence-corrected chi connectivity index (χ0v) is 18.6. The summed E-state index contributed by atoms with van der Waals surface area (Å²) in [5, 5.41) is 0. The van der Waals surface area contributed by atoms with E-state index >= 15 is 0 Å². The lowest BCUT2D eigenvalue weighted by atomic mass is 9.96. The van der Waals surface area contributed by atoms with Crippen LogP contribution >= 0.6 is 0 Å². The molecule has 0 aromatic carbocycles. The molecule has 0 radical (unpaired) electrons. The van der Waals surface area contributed by atoms with Crippen molar-refractivity contribution < 1.29 is 18.0 Å². The molecule has 2 atom stereocenters. The van der Waals surface area contributed by atoms with E-state index in [2.05, 4.69) is 4.90 Å². The second-order valence-corrected chi connectivity index (χ2v) is 10.4. The van der Waals surface area contributed by atoms with Gasteiger partial charge in [-0.1, -0.05) is 26.2 Å². The van der Waals surface area contributed by atoms with Crippen molar-refractivity contribution in [3.05, 3.63) is 11.8 Å². The third-order valence-corrected chi connectivity index (χ3v) is 7.39. The third-order valence-electron chi connectivity index (χ3n) is 6.33. The number of piperidine rings is 1. The van der Waals surface area contributed by atoms with Crippen LogP contribution in [-0.4, -0.2) is 72.8 Å². The van der Waals surface area contributed by atoms with Crippen molar-refractivity contribution in [2.24, 2.45) is 5.92 Å². The van der Waals surface area contributed by atoms with Gasteiger partial charge in [0.05, 0.1) is 23.9 Å². The van der Waals surface area contributed by atoms with Gasteiger partial charge in [-0.2, -0.15) is 0 Å². The molecule has 0 aromatic rings. The lowest BCUT2D eigenvalue weighted by Crippen LogP contribution is -2.41. The first-order chi connectivity index (χ1) is 13.8. The van der Waals surface area contributed by atoms with Crippen molar-refractivity contribution in [3.8, 4) is 0 Å². The summed E-state index contributed by atoms with van der Waals surface area (Å²) >= 11 is 0. The SMILES string of the molecule is CCC[C@H]1C(=O)N(S(C)(=O)=O)C2=CCN(C(=O)CCCCCN3CCCCC3)[C@@H]21. The summed E-state index contributed by atoms with van der Waals surface area (Å²) in [6.45, 7) is 5.89. The summed E-state index contributed by atoms with van der Waals surface area (Å²) < 4.78 is 25.2. The second-order valence-electron chi connectivity index (χ2n) is 8.59. The standard InChI is InChI=1S/C21H35N3O4S/c1-3-10-17-20-18(24(21(17)26)29(2,27)28)12-16-23(20)19(25)11-6-4-7-13-22-14-8-5-9-15-22/h12,17,20H,3-11,13-16H2,1-2H3/t17-,20-/m1/s1. The highest BCUT2D eigenvalue weighted by Crippen LogP contribution is 2.40. The van der Waals surface area contributed by atoms with Gasteiger partial charge in [0.1, 0.15) is 0 Å². The summed E-state index contributed by atoms with van der Waals surface area (Å²) in [6.07, 6.45) is 11.5. The maximum absolute atomic E-state index is 12.9. The topological polar surface area (TPSA) is 78.0 Å². The molecule has 0 saturated carbocycles. The second kappa shape index (κ2) is 9.60. The van der Waals surface area contributed by atoms with Gasteiger partial charge in [-0.25, -0.2) is 12.7 Å². The molecule has 8 heteroatoms. The number of nitrogens with zero attached hydrogens (tertiary/aromatic N) is 3. The number of unbranched alkanes of at least 4 members (excludes halogenated alkanes) is 2. The fourth-order valence-electron chi connectivity index (χ4n) is 4.94. The maximum atomic E-state index is 12.9. The largest absolute Gasteiger partial charge is 0.330 e. The summed E-state index contributed by atoms with van der Waals surface area (Å²) in [5.74, 6) is -0.806. The van der Waals surface area contributed by atoms with E-state index in [1.54, 1.807) is 11.0 Å². The van der Waals surface area contributed by atoms with E-state index in [9.17, 15) is 18.0 Å². The van der Waals surface area contributed by atoms with Crippen LogP contribution in [0.25, 0.3) is 0 Å². The first-order valence-corrected chi connectivity index (χ1v) is 13.0. The number of carbonyl (C=O) groups excluding carboxylic acids is 2. The number of fused-ring (bicyclic) bond motifs is 1. The van der Waals surface area contributed by atoms with Gasteiger partial charge < -0.3 is 9.80 Å². The minimum atomic E-state index is -3.67. The van der Waals surface area contributed by atoms with Crippen molar-refractivity contribution >= 4 is 21.8 Å². The number of amides is 2. The first kappa shape index (κ1) is 22.3. The Hall–Kier alpha value is -1.41. The van der Waals surface area contributed by atoms with Crippen molar-refractivity contribution in [1.29, 1.82) is 0 Å². The van der Waals surface area contributed by atoms with E-state index < -0.39 is 22.0 Å². The monoisotopic (exact) mass is 425 g/mol. The van der Waals surface area contributed by atoms with Crippen molar-refractivity contribution in [2.45, 2.75) is 70.8 Å². The third kappa shape index (κ3) is 5.02. The van der Waals surface area contributed by atoms with Crippen molar-refractivity contribution in [1.82, 2.24) is 14.1 Å². The van der Waals surface area contributed by atoms with Gasteiger partial charge in [0.15, 0.2) is 0 Å². The normalized spacial score (nSPS) is 25.4. The molecule has 3 aliphatic rings. The summed E-state index contributed by atoms with van der Waals surface area (Å²) in [4.78, 5) is 29.8. The number of sulfonamides is 1. The Morgan fingerprint density at radius 2 is 1.86 bits per heavy atom. The van der Waals surface area contributed by atoms with E-state index in [0.717, 1.165) is 42.8 Å². The molecule has 0 unspecified atom stereocenters. The molecule has 2 amide bonds. The van der Waals surface area contributed by atoms with Gasteiger partial charge >= 0.3 is 0 Å². The number of hydrogen-bond acceptors (Lipinski definition) is 5. The first-order valence-electron chi connectivity index (χ1n) is 11.1. The van der Waals surface area contributed by atoms with Crippen LogP contribution in [-0.2, 0) is 19.6 Å². The average molecular weight is 426 g/mol. The Bertz CT molecular complexity index is 743. The Balaban J connectivity index is 1.53. The fraction of sp³-hybridized carbons (Fsp3) is 0.810. The van der Waals surface area contributed by atoms with Gasteiger partial charge in [0, 0.05) is 13.0 Å². The van der Waals surface area contributed by atoms with Crippen LogP contribution in [0.3, 0.4) is 0 Å². The van der Waals surface area contributed by atoms with Gasteiger partial charge in [-0.15, -0.1) is 0 Å². The van der Waals surface area contributed by atoms with Gasteiger partial charge in [-0.05, 0) is 57.8 Å². The highest BCUT2D eigenvalue weighted by Gasteiger charge is 2.53. The minimum Gasteiger partial charge on any atom is -0.330 e. The molecule has 0 aliphatic carbocycles. The smallest absolute Gasteiger partial charge is 0.246 e. The van der Waals surface area contributed by atoms with Crippen LogP contribution in [0.2, 0.25) is 0 Å². The van der Waals surface area contributed by atoms with Gasteiger partial charge in [-0.3, -0.25) is 9.59 Å². The zero-order valence-electron chi connectivity index (χ0n) is 17.8. The summed E-state index contributed by atoms with van der Waals surface area (Å²) in [5.41, 5.74) is 0.481. The van der Waals surface area contributed by atoms with E-state index in [-0.39, 0.29) is 11.8 Å². The summed E-state index contributed by atoms with van der Waals surface area (Å²) in [6, 6.07) is -0.418. The molecular formula is C21H35N3O4S. The fourth-order valence-corrected chi connectivity index (χ4v) is 5.97. The van der Waals surface area contributed by atoms with Gasteiger partial charge in [0.25, 0.3) is 0 Å². The Kier molecular flexibility index (Phi) is 7.37. The number of hydrogen-bond donors (Lipinski definition) is 0. The highest BCUT2D eigenvalue weighted by molar-refractivity contribution is 7.89. The molecule has 3 rings (SSSR count). The van der Waals surface area contributed by atoms with Crippen molar-refractivity contribution in [3.63, 3.8) is 0 Å².